The van der Waals surface area contributed by atoms with Gasteiger partial charge in [-0.2, -0.15) is 0 Å². The Balaban J connectivity index is 1.57. The Morgan fingerprint density at radius 1 is 1.07 bits per heavy atom. The van der Waals surface area contributed by atoms with E-state index in [0.29, 0.717) is 12.3 Å². The van der Waals surface area contributed by atoms with Gasteiger partial charge in [-0.3, -0.25) is 13.9 Å². The van der Waals surface area contributed by atoms with Crippen LogP contribution >= 0.6 is 0 Å². The number of para-hydroxylation sites is 3. The summed E-state index contributed by atoms with van der Waals surface area (Å²) in [6, 6.07) is 16.9. The number of aromatic nitrogens is 2. The molecular weight excluding hydrogens is 342 g/mol. The molecule has 0 saturated carbocycles. The van der Waals surface area contributed by atoms with Gasteiger partial charge in [0.2, 0.25) is 5.91 Å². The average Bonchev–Trinajstić information content (AvgIpc) is 3.21. The van der Waals surface area contributed by atoms with Gasteiger partial charge in [0.25, 0.3) is 0 Å². The Morgan fingerprint density at radius 3 is 2.44 bits per heavy atom. The SMILES string of the molecule is CCn1c(=O)n(CC(=O)NC(C)c2cc3ccccc3o2)c2ccccc21. The van der Waals surface area contributed by atoms with Crippen LogP contribution in [0.25, 0.3) is 22.0 Å². The number of fused-ring (bicyclic) bond motifs is 2. The molecule has 6 heteroatoms. The number of aryl methyl sites for hydroxylation is 1. The Bertz CT molecular complexity index is 1150. The highest BCUT2D eigenvalue weighted by Gasteiger charge is 2.18. The summed E-state index contributed by atoms with van der Waals surface area (Å²) in [5.74, 6) is 0.456. The third-order valence-corrected chi connectivity index (χ3v) is 4.79. The lowest BCUT2D eigenvalue weighted by Gasteiger charge is -2.11. The summed E-state index contributed by atoms with van der Waals surface area (Å²) < 4.78 is 8.99. The molecule has 0 radical (unpaired) electrons. The molecular formula is C21H21N3O3. The van der Waals surface area contributed by atoms with Crippen molar-refractivity contribution in [1.29, 1.82) is 0 Å². The Hall–Kier alpha value is -3.28. The molecule has 2 heterocycles. The van der Waals surface area contributed by atoms with Crippen molar-refractivity contribution in [3.8, 4) is 0 Å². The number of hydrogen-bond acceptors (Lipinski definition) is 3. The van der Waals surface area contributed by atoms with E-state index in [-0.39, 0.29) is 24.2 Å². The number of hydrogen-bond donors (Lipinski definition) is 1. The Labute approximate surface area is 156 Å². The van der Waals surface area contributed by atoms with Gasteiger partial charge in [0, 0.05) is 11.9 Å². The fourth-order valence-electron chi connectivity index (χ4n) is 3.45. The van der Waals surface area contributed by atoms with E-state index in [1.807, 2.05) is 68.4 Å². The molecule has 4 rings (SSSR count). The molecule has 0 aliphatic heterocycles. The predicted molar refractivity (Wildman–Crippen MR) is 105 cm³/mol. The first kappa shape index (κ1) is 17.1. The summed E-state index contributed by atoms with van der Waals surface area (Å²) in [6.07, 6.45) is 0. The van der Waals surface area contributed by atoms with Crippen LogP contribution in [0.1, 0.15) is 25.6 Å². The van der Waals surface area contributed by atoms with Crippen LogP contribution in [-0.2, 0) is 17.9 Å². The number of nitrogens with zero attached hydrogens (tertiary/aromatic N) is 2. The van der Waals surface area contributed by atoms with Crippen LogP contribution < -0.4 is 11.0 Å². The highest BCUT2D eigenvalue weighted by Crippen LogP contribution is 2.23. The molecule has 0 aliphatic rings. The highest BCUT2D eigenvalue weighted by molar-refractivity contribution is 5.81. The van der Waals surface area contributed by atoms with E-state index in [4.69, 9.17) is 4.42 Å². The van der Waals surface area contributed by atoms with Crippen molar-refractivity contribution in [2.45, 2.75) is 33.0 Å². The first-order valence-corrected chi connectivity index (χ1v) is 9.04. The van der Waals surface area contributed by atoms with E-state index in [1.165, 1.54) is 4.57 Å². The van der Waals surface area contributed by atoms with Crippen LogP contribution in [0.3, 0.4) is 0 Å². The summed E-state index contributed by atoms with van der Waals surface area (Å²) in [5.41, 5.74) is 2.21. The van der Waals surface area contributed by atoms with E-state index in [0.717, 1.165) is 22.0 Å². The minimum Gasteiger partial charge on any atom is -0.459 e. The Morgan fingerprint density at radius 2 is 1.74 bits per heavy atom. The second-order valence-electron chi connectivity index (χ2n) is 6.58. The summed E-state index contributed by atoms with van der Waals surface area (Å²) in [6.45, 7) is 4.32. The van der Waals surface area contributed by atoms with Gasteiger partial charge in [-0.05, 0) is 38.1 Å². The monoisotopic (exact) mass is 363 g/mol. The molecule has 0 spiro atoms. The molecule has 1 N–H and O–H groups in total. The van der Waals surface area contributed by atoms with Crippen molar-refractivity contribution >= 4 is 27.9 Å². The number of rotatable bonds is 5. The van der Waals surface area contributed by atoms with Crippen LogP contribution in [0.15, 0.2) is 63.8 Å². The second-order valence-corrected chi connectivity index (χ2v) is 6.58. The fraction of sp³-hybridized carbons (Fsp3) is 0.238. The third-order valence-electron chi connectivity index (χ3n) is 4.79. The van der Waals surface area contributed by atoms with E-state index in [9.17, 15) is 9.59 Å². The van der Waals surface area contributed by atoms with Crippen molar-refractivity contribution in [3.63, 3.8) is 0 Å². The van der Waals surface area contributed by atoms with Crippen molar-refractivity contribution in [3.05, 3.63) is 70.8 Å². The fourth-order valence-corrected chi connectivity index (χ4v) is 3.45. The Kier molecular flexibility index (Phi) is 4.32. The van der Waals surface area contributed by atoms with Gasteiger partial charge < -0.3 is 9.73 Å². The molecule has 0 saturated heterocycles. The first-order chi connectivity index (χ1) is 13.1. The van der Waals surface area contributed by atoms with Gasteiger partial charge >= 0.3 is 5.69 Å². The predicted octanol–water partition coefficient (Wildman–Crippen LogP) is 3.45. The van der Waals surface area contributed by atoms with E-state index in [1.54, 1.807) is 4.57 Å². The molecule has 4 aromatic rings. The lowest BCUT2D eigenvalue weighted by Crippen LogP contribution is -2.34. The van der Waals surface area contributed by atoms with Crippen LogP contribution in [0.2, 0.25) is 0 Å². The molecule has 1 amide bonds. The normalized spacial score (nSPS) is 12.5. The lowest BCUT2D eigenvalue weighted by atomic mass is 10.2. The zero-order valence-electron chi connectivity index (χ0n) is 15.3. The number of benzene rings is 2. The zero-order valence-corrected chi connectivity index (χ0v) is 15.3. The van der Waals surface area contributed by atoms with Crippen molar-refractivity contribution in [1.82, 2.24) is 14.5 Å². The summed E-state index contributed by atoms with van der Waals surface area (Å²) >= 11 is 0. The molecule has 27 heavy (non-hydrogen) atoms. The van der Waals surface area contributed by atoms with Gasteiger partial charge in [-0.1, -0.05) is 30.3 Å². The van der Waals surface area contributed by atoms with Crippen molar-refractivity contribution in [2.75, 3.05) is 0 Å². The molecule has 2 aromatic heterocycles. The maximum absolute atomic E-state index is 12.7. The molecule has 138 valence electrons. The van der Waals surface area contributed by atoms with Crippen molar-refractivity contribution in [2.24, 2.45) is 0 Å². The highest BCUT2D eigenvalue weighted by atomic mass is 16.3. The van der Waals surface area contributed by atoms with E-state index in [2.05, 4.69) is 5.32 Å². The average molecular weight is 363 g/mol. The molecule has 6 nitrogen and oxygen atoms in total. The molecule has 0 bridgehead atoms. The van der Waals surface area contributed by atoms with Gasteiger partial charge in [-0.15, -0.1) is 0 Å². The van der Waals surface area contributed by atoms with E-state index < -0.39 is 0 Å². The second kappa shape index (κ2) is 6.79. The number of carbonyl (C=O) groups is 1. The number of amides is 1. The molecule has 1 unspecified atom stereocenters. The quantitative estimate of drug-likeness (QED) is 0.590. The molecule has 2 aromatic carbocycles. The van der Waals surface area contributed by atoms with Crippen LogP contribution in [0.4, 0.5) is 0 Å². The molecule has 0 fully saturated rings. The maximum Gasteiger partial charge on any atom is 0.329 e. The van der Waals surface area contributed by atoms with Crippen molar-refractivity contribution < 1.29 is 9.21 Å². The lowest BCUT2D eigenvalue weighted by molar-refractivity contribution is -0.122. The zero-order chi connectivity index (χ0) is 19.0. The first-order valence-electron chi connectivity index (χ1n) is 9.04. The van der Waals surface area contributed by atoms with Gasteiger partial charge in [0.1, 0.15) is 17.9 Å². The number of nitrogens with one attached hydrogen (secondary N) is 1. The van der Waals surface area contributed by atoms with Gasteiger partial charge in [0.05, 0.1) is 17.1 Å². The van der Waals surface area contributed by atoms with Gasteiger partial charge in [0.15, 0.2) is 0 Å². The summed E-state index contributed by atoms with van der Waals surface area (Å²) in [4.78, 5) is 25.2. The van der Waals surface area contributed by atoms with Gasteiger partial charge in [-0.25, -0.2) is 4.79 Å². The minimum atomic E-state index is -0.292. The number of carbonyl (C=O) groups excluding carboxylic acids is 1. The summed E-state index contributed by atoms with van der Waals surface area (Å²) in [7, 11) is 0. The molecule has 0 aliphatic carbocycles. The number of furan rings is 1. The largest absolute Gasteiger partial charge is 0.459 e. The number of imidazole rings is 1. The third kappa shape index (κ3) is 3.03. The topological polar surface area (TPSA) is 69.2 Å². The molecule has 1 atom stereocenters. The van der Waals surface area contributed by atoms with Crippen LogP contribution in [-0.4, -0.2) is 15.0 Å². The van der Waals surface area contributed by atoms with Crippen LogP contribution in [0, 0.1) is 0 Å². The smallest absolute Gasteiger partial charge is 0.329 e. The minimum absolute atomic E-state index is 0.0308. The standard InChI is InChI=1S/C21H21N3O3/c1-3-23-16-9-5-6-10-17(16)24(21(23)26)13-20(25)22-14(2)19-12-15-8-4-7-11-18(15)27-19/h4-12,14H,3,13H2,1-2H3,(H,22,25). The van der Waals surface area contributed by atoms with Crippen LogP contribution in [0.5, 0.6) is 0 Å². The summed E-state index contributed by atoms with van der Waals surface area (Å²) in [5, 5.41) is 3.92. The van der Waals surface area contributed by atoms with E-state index >= 15 is 0 Å². The maximum atomic E-state index is 12.7.